The summed E-state index contributed by atoms with van der Waals surface area (Å²) in [6.07, 6.45) is 2.33. The third kappa shape index (κ3) is 4.15. The summed E-state index contributed by atoms with van der Waals surface area (Å²) >= 11 is 0. The molecule has 22 heavy (non-hydrogen) atoms. The van der Waals surface area contributed by atoms with Crippen molar-refractivity contribution in [2.75, 3.05) is 5.32 Å². The lowest BCUT2D eigenvalue weighted by Gasteiger charge is -2.08. The van der Waals surface area contributed by atoms with Crippen molar-refractivity contribution in [2.24, 2.45) is 0 Å². The largest absolute Gasteiger partial charge is 0.454 e. The van der Waals surface area contributed by atoms with E-state index in [-0.39, 0.29) is 6.61 Å². The molecule has 5 heteroatoms. The molecule has 1 N–H and O–H groups in total. The molecule has 0 radical (unpaired) electrons. The van der Waals surface area contributed by atoms with E-state index in [2.05, 4.69) is 10.3 Å². The van der Waals surface area contributed by atoms with E-state index in [0.29, 0.717) is 5.69 Å². The van der Waals surface area contributed by atoms with E-state index in [9.17, 15) is 9.59 Å². The molecule has 0 aliphatic carbocycles. The van der Waals surface area contributed by atoms with Crippen molar-refractivity contribution in [1.82, 2.24) is 4.98 Å². The van der Waals surface area contributed by atoms with Crippen LogP contribution in [0, 0.1) is 6.92 Å². The first-order chi connectivity index (χ1) is 10.6. The monoisotopic (exact) mass is 298 g/mol. The van der Waals surface area contributed by atoms with Gasteiger partial charge in [-0.1, -0.05) is 37.3 Å². The average Bonchev–Trinajstić information content (AvgIpc) is 2.55. The van der Waals surface area contributed by atoms with Gasteiger partial charge in [0, 0.05) is 5.69 Å². The van der Waals surface area contributed by atoms with Gasteiger partial charge in [-0.25, -0.2) is 4.79 Å². The summed E-state index contributed by atoms with van der Waals surface area (Å²) in [6, 6.07) is 11.0. The lowest BCUT2D eigenvalue weighted by Crippen LogP contribution is -2.25. The minimum absolute atomic E-state index is 0.0689. The highest BCUT2D eigenvalue weighted by atomic mass is 16.5. The maximum atomic E-state index is 11.8. The number of nitrogens with zero attached hydrogens (tertiary/aromatic N) is 1. The summed E-state index contributed by atoms with van der Waals surface area (Å²) in [7, 11) is 0. The molecule has 1 heterocycles. The van der Waals surface area contributed by atoms with Gasteiger partial charge in [-0.05, 0) is 30.5 Å². The van der Waals surface area contributed by atoms with Crippen LogP contribution in [0.25, 0.3) is 0 Å². The van der Waals surface area contributed by atoms with Crippen LogP contribution in [0.1, 0.15) is 23.7 Å². The minimum Gasteiger partial charge on any atom is -0.454 e. The Labute approximate surface area is 129 Å². The molecule has 0 atom stereocenters. The molecule has 0 spiro atoms. The molecule has 5 nitrogen and oxygen atoms in total. The second kappa shape index (κ2) is 7.36. The van der Waals surface area contributed by atoms with Crippen LogP contribution in [0.5, 0.6) is 0 Å². The number of aryl methyl sites for hydroxylation is 2. The number of hydrogen-bond acceptors (Lipinski definition) is 4. The van der Waals surface area contributed by atoms with Gasteiger partial charge in [0.25, 0.3) is 0 Å². The number of anilines is 1. The Morgan fingerprint density at radius 3 is 2.64 bits per heavy atom. The fraction of sp³-hybridized carbons (Fsp3) is 0.235. The van der Waals surface area contributed by atoms with Crippen molar-refractivity contribution in [2.45, 2.75) is 26.9 Å². The zero-order valence-corrected chi connectivity index (χ0v) is 12.6. The summed E-state index contributed by atoms with van der Waals surface area (Å²) < 4.78 is 4.97. The predicted molar refractivity (Wildman–Crippen MR) is 83.2 cm³/mol. The maximum absolute atomic E-state index is 11.8. The van der Waals surface area contributed by atoms with Gasteiger partial charge in [0.2, 0.25) is 0 Å². The summed E-state index contributed by atoms with van der Waals surface area (Å²) in [4.78, 5) is 27.7. The number of carbonyl (C=O) groups excluding carboxylic acids is 2. The van der Waals surface area contributed by atoms with Crippen molar-refractivity contribution in [3.8, 4) is 0 Å². The Morgan fingerprint density at radius 1 is 1.23 bits per heavy atom. The van der Waals surface area contributed by atoms with E-state index in [4.69, 9.17) is 4.74 Å². The van der Waals surface area contributed by atoms with Crippen LogP contribution < -0.4 is 5.32 Å². The number of pyridine rings is 1. The second-order valence-corrected chi connectivity index (χ2v) is 4.84. The van der Waals surface area contributed by atoms with Crippen LogP contribution >= 0.6 is 0 Å². The van der Waals surface area contributed by atoms with Gasteiger partial charge in [0.15, 0.2) is 0 Å². The zero-order valence-electron chi connectivity index (χ0n) is 12.6. The number of esters is 1. The maximum Gasteiger partial charge on any atom is 0.397 e. The number of aromatic nitrogens is 1. The van der Waals surface area contributed by atoms with Crippen molar-refractivity contribution in [3.63, 3.8) is 0 Å². The van der Waals surface area contributed by atoms with Crippen molar-refractivity contribution >= 4 is 17.6 Å². The van der Waals surface area contributed by atoms with E-state index in [1.807, 2.05) is 50.2 Å². The molecule has 114 valence electrons. The third-order valence-electron chi connectivity index (χ3n) is 3.23. The molecule has 1 aromatic carbocycles. The summed E-state index contributed by atoms with van der Waals surface area (Å²) in [5.41, 5.74) is 3.25. The molecule has 2 rings (SSSR count). The summed E-state index contributed by atoms with van der Waals surface area (Å²) in [5, 5.41) is 2.50. The molecule has 0 bridgehead atoms. The van der Waals surface area contributed by atoms with Crippen LogP contribution in [0.15, 0.2) is 42.6 Å². The smallest absolute Gasteiger partial charge is 0.397 e. The van der Waals surface area contributed by atoms with Gasteiger partial charge in [-0.2, -0.15) is 0 Å². The van der Waals surface area contributed by atoms with Gasteiger partial charge < -0.3 is 10.1 Å². The molecular formula is C17H18N2O3. The van der Waals surface area contributed by atoms with E-state index >= 15 is 0 Å². The highest BCUT2D eigenvalue weighted by Gasteiger charge is 2.16. The van der Waals surface area contributed by atoms with Crippen molar-refractivity contribution in [3.05, 3.63) is 59.4 Å². The van der Waals surface area contributed by atoms with Crippen LogP contribution in [0.2, 0.25) is 0 Å². The zero-order chi connectivity index (χ0) is 15.9. The molecule has 1 aromatic heterocycles. The van der Waals surface area contributed by atoms with Crippen LogP contribution in [-0.4, -0.2) is 16.9 Å². The molecule has 0 aliphatic rings. The Balaban J connectivity index is 1.92. The van der Waals surface area contributed by atoms with Crippen LogP contribution in [-0.2, 0) is 27.4 Å². The highest BCUT2D eigenvalue weighted by molar-refractivity contribution is 6.37. The third-order valence-corrected chi connectivity index (χ3v) is 3.23. The predicted octanol–water partition coefficient (Wildman–Crippen LogP) is 2.63. The standard InChI is InChI=1S/C17H18N2O3/c1-3-14-9-15(10-18-12(14)2)19-16(20)17(21)22-11-13-7-5-4-6-8-13/h4-10H,3,11H2,1-2H3,(H,19,20). The first-order valence-electron chi connectivity index (χ1n) is 7.07. The topological polar surface area (TPSA) is 68.3 Å². The number of benzene rings is 1. The number of rotatable bonds is 4. The Bertz CT molecular complexity index is 669. The highest BCUT2D eigenvalue weighted by Crippen LogP contribution is 2.13. The first-order valence-corrected chi connectivity index (χ1v) is 7.07. The molecular weight excluding hydrogens is 280 g/mol. The van der Waals surface area contributed by atoms with E-state index in [1.165, 1.54) is 6.20 Å². The fourth-order valence-electron chi connectivity index (χ4n) is 1.98. The summed E-state index contributed by atoms with van der Waals surface area (Å²) in [6.45, 7) is 3.97. The molecule has 0 aliphatic heterocycles. The average molecular weight is 298 g/mol. The number of ether oxygens (including phenoxy) is 1. The number of hydrogen-bond donors (Lipinski definition) is 1. The number of carbonyl (C=O) groups is 2. The van der Waals surface area contributed by atoms with Crippen molar-refractivity contribution in [1.29, 1.82) is 0 Å². The van der Waals surface area contributed by atoms with Gasteiger partial charge >= 0.3 is 11.9 Å². The lowest BCUT2D eigenvalue weighted by molar-refractivity contribution is -0.153. The van der Waals surface area contributed by atoms with Crippen LogP contribution in [0.4, 0.5) is 5.69 Å². The molecule has 0 unspecified atom stereocenters. The Kier molecular flexibility index (Phi) is 5.25. The van der Waals surface area contributed by atoms with Crippen LogP contribution in [0.3, 0.4) is 0 Å². The minimum atomic E-state index is -0.914. The molecule has 0 saturated carbocycles. The fourth-order valence-corrected chi connectivity index (χ4v) is 1.98. The Hall–Kier alpha value is -2.69. The molecule has 0 saturated heterocycles. The van der Waals surface area contributed by atoms with Gasteiger partial charge in [-0.3, -0.25) is 9.78 Å². The van der Waals surface area contributed by atoms with Gasteiger partial charge in [0.1, 0.15) is 6.61 Å². The number of amides is 1. The van der Waals surface area contributed by atoms with E-state index in [1.54, 1.807) is 0 Å². The van der Waals surface area contributed by atoms with Crippen molar-refractivity contribution < 1.29 is 14.3 Å². The number of nitrogens with one attached hydrogen (secondary N) is 1. The molecule has 1 amide bonds. The Morgan fingerprint density at radius 2 is 1.95 bits per heavy atom. The molecule has 0 fully saturated rings. The van der Waals surface area contributed by atoms with E-state index in [0.717, 1.165) is 23.2 Å². The molecule has 2 aromatic rings. The lowest BCUT2D eigenvalue weighted by atomic mass is 10.1. The SMILES string of the molecule is CCc1cc(NC(=O)C(=O)OCc2ccccc2)cnc1C. The quantitative estimate of drug-likeness (QED) is 0.696. The normalized spacial score (nSPS) is 10.1. The van der Waals surface area contributed by atoms with E-state index < -0.39 is 11.9 Å². The van der Waals surface area contributed by atoms with Gasteiger partial charge in [-0.15, -0.1) is 0 Å². The summed E-state index contributed by atoms with van der Waals surface area (Å²) in [5.74, 6) is -1.72. The first kappa shape index (κ1) is 15.7. The second-order valence-electron chi connectivity index (χ2n) is 4.84. The van der Waals surface area contributed by atoms with Gasteiger partial charge in [0.05, 0.1) is 11.9 Å².